The third kappa shape index (κ3) is 3.49. The first-order valence-corrected chi connectivity index (χ1v) is 10.1. The lowest BCUT2D eigenvalue weighted by atomic mass is 10.0. The smallest absolute Gasteiger partial charge is 0.332 e. The molecule has 2 N–H and O–H groups in total. The van der Waals surface area contributed by atoms with Crippen LogP contribution in [-0.2, 0) is 14.1 Å². The first-order chi connectivity index (χ1) is 14.4. The standard InChI is InChI=1S/C21H26N4O5/c1-23-19(22)18(20(27)24(2)21(23)28)15(26)12-25-8-3-5-14(25)13-6-7-16-17(11-13)30-10-4-9-29-16/h6-7,11,14H,3-5,8-10,12,22H2,1-2H3/t14-/m0/s1. The monoisotopic (exact) mass is 414 g/mol. The molecule has 9 nitrogen and oxygen atoms in total. The van der Waals surface area contributed by atoms with Crippen molar-refractivity contribution in [1.29, 1.82) is 0 Å². The van der Waals surface area contributed by atoms with E-state index in [1.54, 1.807) is 0 Å². The molecule has 1 saturated heterocycles. The third-order valence-electron chi connectivity index (χ3n) is 5.86. The second-order valence-corrected chi connectivity index (χ2v) is 7.77. The molecule has 2 aromatic rings. The number of likely N-dealkylation sites (tertiary alicyclic amines) is 1. The van der Waals surface area contributed by atoms with E-state index in [9.17, 15) is 14.4 Å². The number of aromatic nitrogens is 2. The van der Waals surface area contributed by atoms with Crippen molar-refractivity contribution in [1.82, 2.24) is 14.0 Å². The van der Waals surface area contributed by atoms with Crippen molar-refractivity contribution in [2.45, 2.75) is 25.3 Å². The van der Waals surface area contributed by atoms with Crippen LogP contribution in [0.2, 0.25) is 0 Å². The molecule has 0 spiro atoms. The summed E-state index contributed by atoms with van der Waals surface area (Å²) in [5.41, 5.74) is 5.64. The van der Waals surface area contributed by atoms with Crippen molar-refractivity contribution in [2.24, 2.45) is 14.1 Å². The van der Waals surface area contributed by atoms with Gasteiger partial charge in [-0.05, 0) is 37.1 Å². The van der Waals surface area contributed by atoms with Gasteiger partial charge in [0.05, 0.1) is 19.8 Å². The molecule has 2 aliphatic rings. The van der Waals surface area contributed by atoms with Gasteiger partial charge in [0, 0.05) is 26.6 Å². The van der Waals surface area contributed by atoms with Gasteiger partial charge in [0.15, 0.2) is 17.3 Å². The molecule has 1 aromatic heterocycles. The number of anilines is 1. The van der Waals surface area contributed by atoms with Crippen LogP contribution >= 0.6 is 0 Å². The summed E-state index contributed by atoms with van der Waals surface area (Å²) in [6, 6.07) is 5.92. The van der Waals surface area contributed by atoms with E-state index in [0.29, 0.717) is 13.2 Å². The summed E-state index contributed by atoms with van der Waals surface area (Å²) in [5, 5.41) is 0. The number of nitrogen functional groups attached to an aromatic ring is 1. The molecule has 0 amide bonds. The van der Waals surface area contributed by atoms with Gasteiger partial charge in [-0.3, -0.25) is 23.6 Å². The van der Waals surface area contributed by atoms with Crippen LogP contribution in [0.5, 0.6) is 11.5 Å². The summed E-state index contributed by atoms with van der Waals surface area (Å²) in [7, 11) is 2.79. The number of ketones is 1. The van der Waals surface area contributed by atoms with Gasteiger partial charge >= 0.3 is 5.69 Å². The Balaban J connectivity index is 1.60. The Bertz CT molecular complexity index is 1100. The highest BCUT2D eigenvalue weighted by atomic mass is 16.5. The van der Waals surface area contributed by atoms with Crippen LogP contribution in [-0.4, -0.2) is 46.1 Å². The Kier molecular flexibility index (Phi) is 5.38. The number of rotatable bonds is 4. The molecule has 0 unspecified atom stereocenters. The number of benzene rings is 1. The fourth-order valence-electron chi connectivity index (χ4n) is 4.17. The number of hydrogen-bond donors (Lipinski definition) is 1. The molecule has 30 heavy (non-hydrogen) atoms. The van der Waals surface area contributed by atoms with Gasteiger partial charge in [-0.15, -0.1) is 0 Å². The number of hydrogen-bond acceptors (Lipinski definition) is 7. The SMILES string of the molecule is Cn1c(N)c(C(=O)CN2CCC[C@H]2c2ccc3c(c2)OCCCO3)c(=O)n(C)c1=O. The second kappa shape index (κ2) is 7.98. The van der Waals surface area contributed by atoms with E-state index >= 15 is 0 Å². The van der Waals surface area contributed by atoms with Crippen molar-refractivity contribution in [3.63, 3.8) is 0 Å². The van der Waals surface area contributed by atoms with Crippen LogP contribution in [0.3, 0.4) is 0 Å². The van der Waals surface area contributed by atoms with Crippen LogP contribution in [0.15, 0.2) is 27.8 Å². The Labute approximate surface area is 173 Å². The zero-order valence-corrected chi connectivity index (χ0v) is 17.2. The summed E-state index contributed by atoms with van der Waals surface area (Å²) < 4.78 is 13.5. The van der Waals surface area contributed by atoms with Gasteiger partial charge < -0.3 is 15.2 Å². The Hall–Kier alpha value is -3.07. The summed E-state index contributed by atoms with van der Waals surface area (Å²) in [5.74, 6) is 0.974. The largest absolute Gasteiger partial charge is 0.490 e. The molecule has 0 bridgehead atoms. The fourth-order valence-corrected chi connectivity index (χ4v) is 4.17. The maximum absolute atomic E-state index is 13.0. The lowest BCUT2D eigenvalue weighted by molar-refractivity contribution is 0.0919. The third-order valence-corrected chi connectivity index (χ3v) is 5.86. The van der Waals surface area contributed by atoms with Crippen molar-refractivity contribution in [3.05, 3.63) is 50.2 Å². The Morgan fingerprint density at radius 2 is 1.83 bits per heavy atom. The van der Waals surface area contributed by atoms with Crippen molar-refractivity contribution in [3.8, 4) is 11.5 Å². The van der Waals surface area contributed by atoms with E-state index in [1.165, 1.54) is 14.1 Å². The second-order valence-electron chi connectivity index (χ2n) is 7.77. The Morgan fingerprint density at radius 1 is 1.10 bits per heavy atom. The predicted octanol–water partition coefficient (Wildman–Crippen LogP) is 0.847. The van der Waals surface area contributed by atoms with Crippen LogP contribution in [0.1, 0.15) is 41.2 Å². The first kappa shape index (κ1) is 20.2. The predicted molar refractivity (Wildman–Crippen MR) is 111 cm³/mol. The molecule has 9 heteroatoms. The minimum atomic E-state index is -0.660. The number of fused-ring (bicyclic) bond motifs is 1. The van der Waals surface area contributed by atoms with Gasteiger partial charge in [-0.25, -0.2) is 4.79 Å². The van der Waals surface area contributed by atoms with Crippen LogP contribution in [0, 0.1) is 0 Å². The zero-order chi connectivity index (χ0) is 21.4. The summed E-state index contributed by atoms with van der Waals surface area (Å²) in [6.45, 7) is 2.03. The molecule has 160 valence electrons. The van der Waals surface area contributed by atoms with Gasteiger partial charge in [0.1, 0.15) is 11.4 Å². The topological polar surface area (TPSA) is 109 Å². The Morgan fingerprint density at radius 3 is 2.60 bits per heavy atom. The van der Waals surface area contributed by atoms with Gasteiger partial charge in [-0.2, -0.15) is 0 Å². The normalized spacial score (nSPS) is 18.9. The van der Waals surface area contributed by atoms with Crippen molar-refractivity contribution >= 4 is 11.6 Å². The van der Waals surface area contributed by atoms with E-state index in [-0.39, 0.29) is 29.8 Å². The minimum Gasteiger partial charge on any atom is -0.490 e. The highest BCUT2D eigenvalue weighted by Gasteiger charge is 2.30. The van der Waals surface area contributed by atoms with Crippen LogP contribution in [0.4, 0.5) is 5.82 Å². The van der Waals surface area contributed by atoms with E-state index in [2.05, 4.69) is 0 Å². The van der Waals surface area contributed by atoms with E-state index in [1.807, 2.05) is 23.1 Å². The number of nitrogens with two attached hydrogens (primary N) is 1. The molecular weight excluding hydrogens is 388 g/mol. The minimum absolute atomic E-state index is 0.0312. The van der Waals surface area contributed by atoms with Crippen molar-refractivity contribution in [2.75, 3.05) is 32.0 Å². The van der Waals surface area contributed by atoms with Crippen LogP contribution in [0.25, 0.3) is 0 Å². The van der Waals surface area contributed by atoms with Gasteiger partial charge in [0.25, 0.3) is 5.56 Å². The average molecular weight is 414 g/mol. The molecular formula is C21H26N4O5. The van der Waals surface area contributed by atoms with Gasteiger partial charge in [-0.1, -0.05) is 6.07 Å². The van der Waals surface area contributed by atoms with E-state index < -0.39 is 11.2 Å². The number of carbonyl (C=O) groups excluding carboxylic acids is 1. The fraction of sp³-hybridized carbons (Fsp3) is 0.476. The maximum Gasteiger partial charge on any atom is 0.332 e. The average Bonchev–Trinajstić information content (AvgIpc) is 3.06. The molecule has 1 fully saturated rings. The van der Waals surface area contributed by atoms with Crippen LogP contribution < -0.4 is 26.5 Å². The molecule has 1 aromatic carbocycles. The zero-order valence-electron chi connectivity index (χ0n) is 17.2. The lowest BCUT2D eigenvalue weighted by Crippen LogP contribution is -2.43. The summed E-state index contributed by atoms with van der Waals surface area (Å²) >= 11 is 0. The lowest BCUT2D eigenvalue weighted by Gasteiger charge is -2.25. The molecule has 3 heterocycles. The number of Topliss-reactive ketones (excluding diaryl/α,β-unsaturated/α-hetero) is 1. The van der Waals surface area contributed by atoms with E-state index in [0.717, 1.165) is 52.0 Å². The highest BCUT2D eigenvalue weighted by Crippen LogP contribution is 2.37. The van der Waals surface area contributed by atoms with Gasteiger partial charge in [0.2, 0.25) is 0 Å². The van der Waals surface area contributed by atoms with E-state index in [4.69, 9.17) is 15.2 Å². The molecule has 0 saturated carbocycles. The molecule has 0 radical (unpaired) electrons. The summed E-state index contributed by atoms with van der Waals surface area (Å²) in [4.78, 5) is 39.6. The maximum atomic E-state index is 13.0. The van der Waals surface area contributed by atoms with Crippen molar-refractivity contribution < 1.29 is 14.3 Å². The number of carbonyl (C=O) groups is 1. The molecule has 1 atom stereocenters. The summed E-state index contributed by atoms with van der Waals surface area (Å²) in [6.07, 6.45) is 2.67. The number of ether oxygens (including phenoxy) is 2. The quantitative estimate of drug-likeness (QED) is 0.739. The molecule has 0 aliphatic carbocycles. The first-order valence-electron chi connectivity index (χ1n) is 10.1. The number of nitrogens with zero attached hydrogens (tertiary/aromatic N) is 3. The molecule has 2 aliphatic heterocycles. The molecule has 4 rings (SSSR count). The highest BCUT2D eigenvalue weighted by molar-refractivity contribution is 6.01.